The number of hydrogen-bond acceptors (Lipinski definition) is 3. The van der Waals surface area contributed by atoms with Crippen molar-refractivity contribution in [2.24, 2.45) is 5.92 Å². The maximum Gasteiger partial charge on any atom is 0.311 e. The topological polar surface area (TPSA) is 35.5 Å². The van der Waals surface area contributed by atoms with E-state index in [1.165, 1.54) is 7.11 Å². The summed E-state index contributed by atoms with van der Waals surface area (Å²) in [6.07, 6.45) is 2.95. The Morgan fingerprint density at radius 2 is 2.10 bits per heavy atom. The van der Waals surface area contributed by atoms with Crippen LogP contribution in [0.3, 0.4) is 0 Å². The van der Waals surface area contributed by atoms with Crippen LogP contribution in [-0.4, -0.2) is 25.3 Å². The maximum absolute atomic E-state index is 12.1. The minimum absolute atomic E-state index is 0.0411. The highest BCUT2D eigenvalue weighted by Crippen LogP contribution is 2.46. The lowest BCUT2D eigenvalue weighted by Crippen LogP contribution is -2.39. The van der Waals surface area contributed by atoms with E-state index in [0.29, 0.717) is 10.0 Å². The molecule has 2 aliphatic heterocycles. The Morgan fingerprint density at radius 3 is 2.80 bits per heavy atom. The van der Waals surface area contributed by atoms with E-state index in [4.69, 9.17) is 32.7 Å². The fraction of sp³-hybridized carbons (Fsp3) is 0.533. The predicted octanol–water partition coefficient (Wildman–Crippen LogP) is 3.82. The number of methoxy groups -OCH3 is 1. The number of rotatable bonds is 2. The Balaban J connectivity index is 1.96. The monoisotopic (exact) mass is 314 g/mol. The van der Waals surface area contributed by atoms with E-state index in [2.05, 4.69) is 0 Å². The second kappa shape index (κ2) is 5.55. The molecule has 0 spiro atoms. The third kappa shape index (κ3) is 2.43. The number of carbonyl (C=O) groups is 1. The van der Waals surface area contributed by atoms with Crippen LogP contribution in [0.15, 0.2) is 18.2 Å². The van der Waals surface area contributed by atoms with Crippen molar-refractivity contribution in [2.75, 3.05) is 7.11 Å². The van der Waals surface area contributed by atoms with Crippen molar-refractivity contribution in [3.05, 3.63) is 33.8 Å². The average Bonchev–Trinajstić information content (AvgIpc) is 2.82. The van der Waals surface area contributed by atoms with Crippen LogP contribution >= 0.6 is 23.2 Å². The zero-order chi connectivity index (χ0) is 14.3. The first-order valence-electron chi connectivity index (χ1n) is 6.78. The van der Waals surface area contributed by atoms with Crippen molar-refractivity contribution in [1.29, 1.82) is 0 Å². The van der Waals surface area contributed by atoms with Gasteiger partial charge in [-0.3, -0.25) is 4.79 Å². The lowest BCUT2D eigenvalue weighted by Gasteiger charge is -2.35. The molecule has 0 amide bonds. The number of ether oxygens (including phenoxy) is 2. The summed E-state index contributed by atoms with van der Waals surface area (Å²) in [5.41, 5.74) is 1.04. The van der Waals surface area contributed by atoms with Crippen LogP contribution in [0.2, 0.25) is 10.0 Å². The number of hydrogen-bond donors (Lipinski definition) is 0. The second-order valence-corrected chi connectivity index (χ2v) is 6.25. The van der Waals surface area contributed by atoms with Gasteiger partial charge in [-0.1, -0.05) is 29.3 Å². The van der Waals surface area contributed by atoms with Gasteiger partial charge in [-0.25, -0.2) is 0 Å². The van der Waals surface area contributed by atoms with Gasteiger partial charge in [0.2, 0.25) is 0 Å². The highest BCUT2D eigenvalue weighted by atomic mass is 35.5. The summed E-state index contributed by atoms with van der Waals surface area (Å²) < 4.78 is 10.8. The summed E-state index contributed by atoms with van der Waals surface area (Å²) in [6, 6.07) is 5.58. The normalized spacial score (nSPS) is 32.1. The quantitative estimate of drug-likeness (QED) is 0.778. The number of benzene rings is 1. The average molecular weight is 315 g/mol. The van der Waals surface area contributed by atoms with Crippen LogP contribution in [0.4, 0.5) is 0 Å². The zero-order valence-electron chi connectivity index (χ0n) is 11.1. The fourth-order valence-electron chi connectivity index (χ4n) is 3.40. The van der Waals surface area contributed by atoms with Gasteiger partial charge in [0.15, 0.2) is 0 Å². The van der Waals surface area contributed by atoms with E-state index < -0.39 is 0 Å². The van der Waals surface area contributed by atoms with Crippen LogP contribution in [0.1, 0.15) is 30.7 Å². The molecule has 20 heavy (non-hydrogen) atoms. The van der Waals surface area contributed by atoms with E-state index in [1.807, 2.05) is 12.1 Å². The molecule has 4 atom stereocenters. The van der Waals surface area contributed by atoms with Crippen molar-refractivity contribution < 1.29 is 14.3 Å². The maximum atomic E-state index is 12.1. The zero-order valence-corrected chi connectivity index (χ0v) is 12.7. The van der Waals surface area contributed by atoms with Gasteiger partial charge in [-0.2, -0.15) is 0 Å². The predicted molar refractivity (Wildman–Crippen MR) is 77.2 cm³/mol. The van der Waals surface area contributed by atoms with Gasteiger partial charge >= 0.3 is 5.97 Å². The molecule has 2 unspecified atom stereocenters. The first-order chi connectivity index (χ1) is 9.60. The number of carbonyl (C=O) groups excluding carboxylic acids is 1. The Labute approximate surface area is 128 Å². The number of halogens is 2. The number of fused-ring (bicyclic) bond motifs is 2. The second-order valence-electron chi connectivity index (χ2n) is 5.44. The third-order valence-electron chi connectivity index (χ3n) is 4.34. The molecule has 3 nitrogen and oxygen atoms in total. The minimum Gasteiger partial charge on any atom is -0.469 e. The SMILES string of the molecule is COC(=O)[C@H]1C(c2ccc(Cl)c(Cl)c2)CC2CC[C@H]1O2. The molecule has 2 heterocycles. The summed E-state index contributed by atoms with van der Waals surface area (Å²) >= 11 is 12.1. The summed E-state index contributed by atoms with van der Waals surface area (Å²) in [5, 5.41) is 1.05. The molecule has 1 aromatic carbocycles. The highest BCUT2D eigenvalue weighted by Gasteiger charge is 2.47. The molecule has 0 radical (unpaired) electrons. The van der Waals surface area contributed by atoms with Gasteiger partial charge in [-0.05, 0) is 37.0 Å². The summed E-state index contributed by atoms with van der Waals surface area (Å²) in [5.74, 6) is -0.370. The standard InChI is InChI=1S/C15H16Cl2O3/c1-19-15(18)14-10(7-9-3-5-13(14)20-9)8-2-4-11(16)12(17)6-8/h2,4,6,9-10,13-14H,3,5,7H2,1H3/t9?,10?,13-,14+/m1/s1. The van der Waals surface area contributed by atoms with Crippen LogP contribution in [0, 0.1) is 5.92 Å². The fourth-order valence-corrected chi connectivity index (χ4v) is 3.71. The molecule has 2 aliphatic rings. The Morgan fingerprint density at radius 1 is 1.30 bits per heavy atom. The molecule has 108 valence electrons. The van der Waals surface area contributed by atoms with E-state index in [-0.39, 0.29) is 30.0 Å². The lowest BCUT2D eigenvalue weighted by molar-refractivity contribution is -0.156. The molecule has 5 heteroatoms. The smallest absolute Gasteiger partial charge is 0.311 e. The minimum atomic E-state index is -0.254. The molecule has 2 fully saturated rings. The molecular weight excluding hydrogens is 299 g/mol. The van der Waals surface area contributed by atoms with E-state index >= 15 is 0 Å². The number of esters is 1. The molecule has 0 N–H and O–H groups in total. The first kappa shape index (κ1) is 14.2. The van der Waals surface area contributed by atoms with E-state index in [1.54, 1.807) is 6.07 Å². The van der Waals surface area contributed by atoms with Crippen molar-refractivity contribution in [2.45, 2.75) is 37.4 Å². The molecule has 1 aromatic rings. The third-order valence-corrected chi connectivity index (χ3v) is 5.08. The van der Waals surface area contributed by atoms with E-state index in [9.17, 15) is 4.79 Å². The molecule has 3 rings (SSSR count). The Bertz CT molecular complexity index is 532. The van der Waals surface area contributed by atoms with Crippen molar-refractivity contribution in [3.63, 3.8) is 0 Å². The van der Waals surface area contributed by atoms with Crippen LogP contribution in [0.5, 0.6) is 0 Å². The molecular formula is C15H16Cl2O3. The van der Waals surface area contributed by atoms with E-state index in [0.717, 1.165) is 24.8 Å². The van der Waals surface area contributed by atoms with Crippen LogP contribution in [-0.2, 0) is 14.3 Å². The van der Waals surface area contributed by atoms with Gasteiger partial charge < -0.3 is 9.47 Å². The lowest BCUT2D eigenvalue weighted by atomic mass is 9.79. The van der Waals surface area contributed by atoms with Crippen molar-refractivity contribution >= 4 is 29.2 Å². The Kier molecular flexibility index (Phi) is 3.93. The molecule has 0 saturated carbocycles. The highest BCUT2D eigenvalue weighted by molar-refractivity contribution is 6.42. The Hall–Kier alpha value is -0.770. The van der Waals surface area contributed by atoms with Crippen LogP contribution < -0.4 is 0 Å². The molecule has 2 bridgehead atoms. The molecule has 0 aliphatic carbocycles. The van der Waals surface area contributed by atoms with Crippen LogP contribution in [0.25, 0.3) is 0 Å². The molecule has 0 aromatic heterocycles. The van der Waals surface area contributed by atoms with Crippen molar-refractivity contribution in [3.8, 4) is 0 Å². The van der Waals surface area contributed by atoms with Gasteiger partial charge in [0.05, 0.1) is 35.3 Å². The summed E-state index contributed by atoms with van der Waals surface area (Å²) in [4.78, 5) is 12.1. The van der Waals surface area contributed by atoms with Gasteiger partial charge in [0, 0.05) is 5.92 Å². The van der Waals surface area contributed by atoms with Gasteiger partial charge in [0.25, 0.3) is 0 Å². The summed E-state index contributed by atoms with van der Waals surface area (Å²) in [7, 11) is 1.43. The first-order valence-corrected chi connectivity index (χ1v) is 7.54. The van der Waals surface area contributed by atoms with Gasteiger partial charge in [-0.15, -0.1) is 0 Å². The molecule has 2 saturated heterocycles. The van der Waals surface area contributed by atoms with Crippen molar-refractivity contribution in [1.82, 2.24) is 0 Å². The summed E-state index contributed by atoms with van der Waals surface area (Å²) in [6.45, 7) is 0. The largest absolute Gasteiger partial charge is 0.469 e. The van der Waals surface area contributed by atoms with Gasteiger partial charge in [0.1, 0.15) is 0 Å².